The van der Waals surface area contributed by atoms with E-state index < -0.39 is 6.10 Å². The van der Waals surface area contributed by atoms with Crippen molar-refractivity contribution in [2.75, 3.05) is 13.7 Å². The van der Waals surface area contributed by atoms with Crippen LogP contribution in [0.4, 0.5) is 0 Å². The molecule has 1 atom stereocenters. The Balaban J connectivity index is 2.93. The average Bonchev–Trinajstić information content (AvgIpc) is 2.46. The van der Waals surface area contributed by atoms with Gasteiger partial charge < -0.3 is 19.9 Å². The van der Waals surface area contributed by atoms with Crippen LogP contribution >= 0.6 is 0 Å². The SMILES string of the molecule is CCCC(Oc1cc(CN)ccc1OC)C(=O)OCC. The van der Waals surface area contributed by atoms with Crippen LogP contribution in [0.25, 0.3) is 0 Å². The molecule has 0 fully saturated rings. The van der Waals surface area contributed by atoms with Crippen molar-refractivity contribution in [3.05, 3.63) is 23.8 Å². The molecular formula is C15H23NO4. The summed E-state index contributed by atoms with van der Waals surface area (Å²) in [5.74, 6) is 0.740. The maximum atomic E-state index is 11.9. The first-order valence-corrected chi connectivity index (χ1v) is 6.86. The smallest absolute Gasteiger partial charge is 0.347 e. The highest BCUT2D eigenvalue weighted by atomic mass is 16.6. The van der Waals surface area contributed by atoms with Crippen LogP contribution in [-0.2, 0) is 16.1 Å². The van der Waals surface area contributed by atoms with Crippen LogP contribution in [-0.4, -0.2) is 25.8 Å². The lowest BCUT2D eigenvalue weighted by Gasteiger charge is -2.19. The van der Waals surface area contributed by atoms with Gasteiger partial charge in [-0.2, -0.15) is 0 Å². The number of hydrogen-bond acceptors (Lipinski definition) is 5. The van der Waals surface area contributed by atoms with Gasteiger partial charge in [0.1, 0.15) is 0 Å². The van der Waals surface area contributed by atoms with E-state index in [0.717, 1.165) is 12.0 Å². The molecule has 2 N–H and O–H groups in total. The normalized spacial score (nSPS) is 11.8. The summed E-state index contributed by atoms with van der Waals surface area (Å²) in [6.45, 7) is 4.50. The number of hydrogen-bond donors (Lipinski definition) is 1. The monoisotopic (exact) mass is 281 g/mol. The topological polar surface area (TPSA) is 70.8 Å². The maximum Gasteiger partial charge on any atom is 0.347 e. The quantitative estimate of drug-likeness (QED) is 0.740. The summed E-state index contributed by atoms with van der Waals surface area (Å²) in [6.07, 6.45) is 0.791. The standard InChI is InChI=1S/C15H23NO4/c1-4-6-13(15(17)19-5-2)20-14-9-11(10-16)7-8-12(14)18-3/h7-9,13H,4-6,10,16H2,1-3H3. The lowest BCUT2D eigenvalue weighted by Crippen LogP contribution is -2.29. The summed E-state index contributed by atoms with van der Waals surface area (Å²) < 4.78 is 16.1. The second-order valence-corrected chi connectivity index (χ2v) is 4.34. The summed E-state index contributed by atoms with van der Waals surface area (Å²) in [6, 6.07) is 5.44. The van der Waals surface area contributed by atoms with Gasteiger partial charge in [0.05, 0.1) is 13.7 Å². The molecule has 5 heteroatoms. The van der Waals surface area contributed by atoms with E-state index in [1.54, 1.807) is 26.2 Å². The predicted octanol–water partition coefficient (Wildman–Crippen LogP) is 2.26. The predicted molar refractivity (Wildman–Crippen MR) is 76.8 cm³/mol. The Morgan fingerprint density at radius 3 is 2.60 bits per heavy atom. The van der Waals surface area contributed by atoms with E-state index in [1.807, 2.05) is 13.0 Å². The third-order valence-corrected chi connectivity index (χ3v) is 2.83. The minimum Gasteiger partial charge on any atom is -0.493 e. The summed E-state index contributed by atoms with van der Waals surface area (Å²) in [4.78, 5) is 11.9. The summed E-state index contributed by atoms with van der Waals surface area (Å²) in [7, 11) is 1.56. The Hall–Kier alpha value is -1.75. The second-order valence-electron chi connectivity index (χ2n) is 4.34. The van der Waals surface area contributed by atoms with E-state index in [-0.39, 0.29) is 5.97 Å². The molecule has 0 radical (unpaired) electrons. The van der Waals surface area contributed by atoms with Gasteiger partial charge in [0.25, 0.3) is 0 Å². The van der Waals surface area contributed by atoms with Crippen LogP contribution in [0.2, 0.25) is 0 Å². The zero-order valence-corrected chi connectivity index (χ0v) is 12.3. The third-order valence-electron chi connectivity index (χ3n) is 2.83. The van der Waals surface area contributed by atoms with Gasteiger partial charge in [-0.25, -0.2) is 4.79 Å². The highest BCUT2D eigenvalue weighted by Gasteiger charge is 2.22. The van der Waals surface area contributed by atoms with E-state index in [9.17, 15) is 4.79 Å². The first kappa shape index (κ1) is 16.3. The third kappa shape index (κ3) is 4.42. The molecule has 0 saturated carbocycles. The maximum absolute atomic E-state index is 11.9. The van der Waals surface area contributed by atoms with E-state index in [1.165, 1.54) is 0 Å². The van der Waals surface area contributed by atoms with Crippen molar-refractivity contribution >= 4 is 5.97 Å². The van der Waals surface area contributed by atoms with Crippen molar-refractivity contribution in [3.8, 4) is 11.5 Å². The molecule has 0 heterocycles. The molecule has 112 valence electrons. The summed E-state index contributed by atoms with van der Waals surface area (Å²) >= 11 is 0. The lowest BCUT2D eigenvalue weighted by molar-refractivity contribution is -0.151. The van der Waals surface area contributed by atoms with E-state index in [2.05, 4.69) is 0 Å². The van der Waals surface area contributed by atoms with Crippen LogP contribution in [0.5, 0.6) is 11.5 Å². The van der Waals surface area contributed by atoms with Crippen LogP contribution in [0.15, 0.2) is 18.2 Å². The molecular weight excluding hydrogens is 258 g/mol. The summed E-state index contributed by atoms with van der Waals surface area (Å²) in [5, 5.41) is 0. The van der Waals surface area contributed by atoms with Crippen molar-refractivity contribution < 1.29 is 19.0 Å². The van der Waals surface area contributed by atoms with E-state index in [4.69, 9.17) is 19.9 Å². The molecule has 0 aliphatic heterocycles. The van der Waals surface area contributed by atoms with Crippen molar-refractivity contribution in [2.24, 2.45) is 5.73 Å². The number of methoxy groups -OCH3 is 1. The average molecular weight is 281 g/mol. The molecule has 1 rings (SSSR count). The minimum absolute atomic E-state index is 0.336. The minimum atomic E-state index is -0.623. The molecule has 0 amide bonds. The number of benzene rings is 1. The van der Waals surface area contributed by atoms with Gasteiger partial charge in [0.2, 0.25) is 0 Å². The van der Waals surface area contributed by atoms with Gasteiger partial charge in [0.15, 0.2) is 17.6 Å². The van der Waals surface area contributed by atoms with Gasteiger partial charge in [-0.05, 0) is 31.0 Å². The van der Waals surface area contributed by atoms with Crippen molar-refractivity contribution in [2.45, 2.75) is 39.3 Å². The number of ether oxygens (including phenoxy) is 3. The number of rotatable bonds is 8. The van der Waals surface area contributed by atoms with E-state index in [0.29, 0.717) is 31.1 Å². The Kier molecular flexibility index (Phi) is 6.87. The van der Waals surface area contributed by atoms with Gasteiger partial charge >= 0.3 is 5.97 Å². The van der Waals surface area contributed by atoms with Gasteiger partial charge in [-0.1, -0.05) is 19.4 Å². The highest BCUT2D eigenvalue weighted by Crippen LogP contribution is 2.29. The molecule has 0 aliphatic carbocycles. The molecule has 5 nitrogen and oxygen atoms in total. The fraction of sp³-hybridized carbons (Fsp3) is 0.533. The molecule has 0 bridgehead atoms. The Morgan fingerprint density at radius 1 is 1.30 bits per heavy atom. The van der Waals surface area contributed by atoms with Gasteiger partial charge in [-0.15, -0.1) is 0 Å². The number of carbonyl (C=O) groups is 1. The van der Waals surface area contributed by atoms with Crippen molar-refractivity contribution in [3.63, 3.8) is 0 Å². The largest absolute Gasteiger partial charge is 0.493 e. The zero-order chi connectivity index (χ0) is 15.0. The second kappa shape index (κ2) is 8.43. The zero-order valence-electron chi connectivity index (χ0n) is 12.3. The highest BCUT2D eigenvalue weighted by molar-refractivity contribution is 5.75. The molecule has 1 unspecified atom stereocenters. The first-order chi connectivity index (χ1) is 9.65. The fourth-order valence-electron chi connectivity index (χ4n) is 1.82. The van der Waals surface area contributed by atoms with Gasteiger partial charge in [0, 0.05) is 6.54 Å². The molecule has 1 aromatic carbocycles. The Bertz CT molecular complexity index is 434. The molecule has 0 saturated heterocycles. The molecule has 20 heavy (non-hydrogen) atoms. The number of carbonyl (C=O) groups excluding carboxylic acids is 1. The lowest BCUT2D eigenvalue weighted by atomic mass is 10.2. The van der Waals surface area contributed by atoms with Gasteiger partial charge in [-0.3, -0.25) is 0 Å². The van der Waals surface area contributed by atoms with E-state index >= 15 is 0 Å². The Morgan fingerprint density at radius 2 is 2.05 bits per heavy atom. The van der Waals surface area contributed by atoms with Crippen LogP contribution in [0, 0.1) is 0 Å². The summed E-state index contributed by atoms with van der Waals surface area (Å²) in [5.41, 5.74) is 6.54. The molecule has 0 aromatic heterocycles. The Labute approximate surface area is 120 Å². The van der Waals surface area contributed by atoms with Crippen molar-refractivity contribution in [1.82, 2.24) is 0 Å². The number of nitrogens with two attached hydrogens (primary N) is 1. The van der Waals surface area contributed by atoms with Crippen molar-refractivity contribution in [1.29, 1.82) is 0 Å². The fourth-order valence-corrected chi connectivity index (χ4v) is 1.82. The molecule has 0 spiro atoms. The number of esters is 1. The van der Waals surface area contributed by atoms with Crippen LogP contribution in [0.3, 0.4) is 0 Å². The molecule has 1 aromatic rings. The van der Waals surface area contributed by atoms with Crippen LogP contribution in [0.1, 0.15) is 32.3 Å². The first-order valence-electron chi connectivity index (χ1n) is 6.86. The molecule has 0 aliphatic rings. The van der Waals surface area contributed by atoms with Crippen LogP contribution < -0.4 is 15.2 Å².